The molecule has 1 aromatic heterocycles. The Balaban J connectivity index is 1.51. The third-order valence-corrected chi connectivity index (χ3v) is 4.38. The normalized spacial score (nSPS) is 17.6. The van der Waals surface area contributed by atoms with Crippen LogP contribution in [0.1, 0.15) is 30.0 Å². The lowest BCUT2D eigenvalue weighted by Gasteiger charge is -2.14. The molecule has 0 radical (unpaired) electrons. The van der Waals surface area contributed by atoms with Gasteiger partial charge in [0.2, 0.25) is 0 Å². The van der Waals surface area contributed by atoms with Crippen molar-refractivity contribution in [2.24, 2.45) is 0 Å². The van der Waals surface area contributed by atoms with Crippen LogP contribution in [-0.4, -0.2) is 21.5 Å². The van der Waals surface area contributed by atoms with Crippen LogP contribution in [0.4, 0.5) is 0 Å². The highest BCUT2D eigenvalue weighted by atomic mass is 79.9. The predicted octanol–water partition coefficient (Wildman–Crippen LogP) is 2.71. The number of aromatic nitrogens is 3. The van der Waals surface area contributed by atoms with Crippen molar-refractivity contribution in [3.05, 3.63) is 46.2 Å². The van der Waals surface area contributed by atoms with Crippen molar-refractivity contribution in [3.63, 3.8) is 0 Å². The summed E-state index contributed by atoms with van der Waals surface area (Å²) in [5.41, 5.74) is 2.92. The van der Waals surface area contributed by atoms with E-state index in [9.17, 15) is 0 Å². The molecule has 4 nitrogen and oxygen atoms in total. The predicted molar refractivity (Wildman–Crippen MR) is 77.8 cm³/mol. The van der Waals surface area contributed by atoms with E-state index in [4.69, 9.17) is 0 Å². The van der Waals surface area contributed by atoms with Crippen LogP contribution in [0, 0.1) is 0 Å². The maximum Gasteiger partial charge on any atom is 0.0692 e. The molecule has 0 bridgehead atoms. The Bertz CT molecular complexity index is 538. The van der Waals surface area contributed by atoms with E-state index in [0.29, 0.717) is 6.04 Å². The standard InChI is InChI=1S/C14H17BrN4/c15-13-4-1-3-12-11(13)5-6-14(12)16-7-2-9-19-10-8-17-18-19/h1,3-4,8,10,14,16H,2,5-7,9H2. The lowest BCUT2D eigenvalue weighted by Crippen LogP contribution is -2.21. The Morgan fingerprint density at radius 2 is 2.37 bits per heavy atom. The zero-order chi connectivity index (χ0) is 13.1. The highest BCUT2D eigenvalue weighted by molar-refractivity contribution is 9.10. The van der Waals surface area contributed by atoms with Crippen LogP contribution in [0.3, 0.4) is 0 Å². The summed E-state index contributed by atoms with van der Waals surface area (Å²) in [6.45, 7) is 1.93. The third kappa shape index (κ3) is 2.87. The van der Waals surface area contributed by atoms with E-state index in [1.807, 2.05) is 10.9 Å². The van der Waals surface area contributed by atoms with Gasteiger partial charge in [0, 0.05) is 23.3 Å². The number of nitrogens with one attached hydrogen (secondary N) is 1. The molecule has 1 N–H and O–H groups in total. The van der Waals surface area contributed by atoms with Gasteiger partial charge in [0.25, 0.3) is 0 Å². The van der Waals surface area contributed by atoms with Crippen molar-refractivity contribution in [1.82, 2.24) is 20.3 Å². The topological polar surface area (TPSA) is 42.7 Å². The van der Waals surface area contributed by atoms with Gasteiger partial charge in [-0.2, -0.15) is 0 Å². The molecule has 0 saturated heterocycles. The Morgan fingerprint density at radius 1 is 1.42 bits per heavy atom. The molecule has 1 heterocycles. The SMILES string of the molecule is Brc1cccc2c1CCC2NCCCn1ccnn1. The minimum Gasteiger partial charge on any atom is -0.310 e. The molecule has 3 rings (SSSR count). The Morgan fingerprint density at radius 3 is 3.21 bits per heavy atom. The highest BCUT2D eigenvalue weighted by Crippen LogP contribution is 2.35. The lowest BCUT2D eigenvalue weighted by atomic mass is 10.1. The second-order valence-corrected chi connectivity index (χ2v) is 5.73. The zero-order valence-corrected chi connectivity index (χ0v) is 12.3. The van der Waals surface area contributed by atoms with Gasteiger partial charge in [-0.15, -0.1) is 5.10 Å². The van der Waals surface area contributed by atoms with Crippen molar-refractivity contribution in [2.45, 2.75) is 31.8 Å². The molecule has 1 unspecified atom stereocenters. The van der Waals surface area contributed by atoms with Crippen molar-refractivity contribution in [2.75, 3.05) is 6.54 Å². The summed E-state index contributed by atoms with van der Waals surface area (Å²) in [7, 11) is 0. The monoisotopic (exact) mass is 320 g/mol. The van der Waals surface area contributed by atoms with Gasteiger partial charge in [0.1, 0.15) is 0 Å². The second kappa shape index (κ2) is 5.84. The first-order chi connectivity index (χ1) is 9.34. The van der Waals surface area contributed by atoms with E-state index >= 15 is 0 Å². The van der Waals surface area contributed by atoms with Crippen molar-refractivity contribution < 1.29 is 0 Å². The summed E-state index contributed by atoms with van der Waals surface area (Å²) >= 11 is 3.64. The first-order valence-corrected chi connectivity index (χ1v) is 7.48. The Labute approximate surface area is 121 Å². The van der Waals surface area contributed by atoms with Crippen LogP contribution in [-0.2, 0) is 13.0 Å². The second-order valence-electron chi connectivity index (χ2n) is 4.87. The number of hydrogen-bond acceptors (Lipinski definition) is 3. The van der Waals surface area contributed by atoms with E-state index in [1.54, 1.807) is 6.20 Å². The molecule has 1 aliphatic carbocycles. The smallest absolute Gasteiger partial charge is 0.0692 e. The highest BCUT2D eigenvalue weighted by Gasteiger charge is 2.22. The fourth-order valence-corrected chi connectivity index (χ4v) is 3.27. The van der Waals surface area contributed by atoms with Crippen LogP contribution < -0.4 is 5.32 Å². The molecular formula is C14H17BrN4. The molecule has 0 spiro atoms. The molecule has 19 heavy (non-hydrogen) atoms. The molecule has 0 fully saturated rings. The minimum absolute atomic E-state index is 0.503. The van der Waals surface area contributed by atoms with Gasteiger partial charge < -0.3 is 5.32 Å². The maximum atomic E-state index is 3.97. The Hall–Kier alpha value is -1.20. The fourth-order valence-electron chi connectivity index (χ4n) is 2.69. The van der Waals surface area contributed by atoms with Crippen LogP contribution in [0.2, 0.25) is 0 Å². The number of aryl methyl sites for hydroxylation is 1. The summed E-state index contributed by atoms with van der Waals surface area (Å²) in [6.07, 6.45) is 7.06. The van der Waals surface area contributed by atoms with Crippen molar-refractivity contribution in [3.8, 4) is 0 Å². The summed E-state index contributed by atoms with van der Waals surface area (Å²) < 4.78 is 3.12. The van der Waals surface area contributed by atoms with Crippen LogP contribution >= 0.6 is 15.9 Å². The van der Waals surface area contributed by atoms with Gasteiger partial charge in [0.05, 0.1) is 6.20 Å². The summed E-state index contributed by atoms with van der Waals surface area (Å²) in [5.74, 6) is 0. The molecule has 1 aromatic carbocycles. The van der Waals surface area contributed by atoms with Crippen LogP contribution in [0.15, 0.2) is 35.1 Å². The molecular weight excluding hydrogens is 304 g/mol. The number of halogens is 1. The van der Waals surface area contributed by atoms with Gasteiger partial charge in [-0.25, -0.2) is 0 Å². The molecule has 100 valence electrons. The number of hydrogen-bond donors (Lipinski definition) is 1. The largest absolute Gasteiger partial charge is 0.310 e. The van der Waals surface area contributed by atoms with Crippen molar-refractivity contribution in [1.29, 1.82) is 0 Å². The van der Waals surface area contributed by atoms with Gasteiger partial charge in [-0.1, -0.05) is 33.3 Å². The van der Waals surface area contributed by atoms with Gasteiger partial charge in [0.15, 0.2) is 0 Å². The summed E-state index contributed by atoms with van der Waals surface area (Å²) in [5, 5.41) is 11.4. The number of rotatable bonds is 5. The van der Waals surface area contributed by atoms with Crippen LogP contribution in [0.25, 0.3) is 0 Å². The molecule has 5 heteroatoms. The van der Waals surface area contributed by atoms with Gasteiger partial charge >= 0.3 is 0 Å². The van der Waals surface area contributed by atoms with E-state index < -0.39 is 0 Å². The first kappa shape index (κ1) is 12.8. The molecule has 1 aliphatic rings. The quantitative estimate of drug-likeness (QED) is 0.861. The molecule has 0 amide bonds. The molecule has 2 aromatic rings. The van der Waals surface area contributed by atoms with Gasteiger partial charge in [-0.05, 0) is 43.0 Å². The number of fused-ring (bicyclic) bond motifs is 1. The average Bonchev–Trinajstić information content (AvgIpc) is 3.05. The van der Waals surface area contributed by atoms with Crippen LogP contribution in [0.5, 0.6) is 0 Å². The Kier molecular flexibility index (Phi) is 3.94. The first-order valence-electron chi connectivity index (χ1n) is 6.69. The number of benzene rings is 1. The molecule has 0 saturated carbocycles. The lowest BCUT2D eigenvalue weighted by molar-refractivity contribution is 0.481. The minimum atomic E-state index is 0.503. The maximum absolute atomic E-state index is 3.97. The van der Waals surface area contributed by atoms with E-state index in [2.05, 4.69) is 49.8 Å². The van der Waals surface area contributed by atoms with E-state index in [1.165, 1.54) is 22.0 Å². The number of nitrogens with zero attached hydrogens (tertiary/aromatic N) is 3. The van der Waals surface area contributed by atoms with Crippen molar-refractivity contribution >= 4 is 15.9 Å². The molecule has 0 aliphatic heterocycles. The summed E-state index contributed by atoms with van der Waals surface area (Å²) in [4.78, 5) is 0. The molecule has 1 atom stereocenters. The van der Waals surface area contributed by atoms with Gasteiger partial charge in [-0.3, -0.25) is 4.68 Å². The average molecular weight is 321 g/mol. The summed E-state index contributed by atoms with van der Waals surface area (Å²) in [6, 6.07) is 7.00. The van der Waals surface area contributed by atoms with E-state index in [-0.39, 0.29) is 0 Å². The fraction of sp³-hybridized carbons (Fsp3) is 0.429. The zero-order valence-electron chi connectivity index (χ0n) is 10.7. The third-order valence-electron chi connectivity index (χ3n) is 3.64. The van der Waals surface area contributed by atoms with E-state index in [0.717, 1.165) is 25.9 Å².